The van der Waals surface area contributed by atoms with E-state index < -0.39 is 5.79 Å². The number of hydrogen-bond donors (Lipinski definition) is 0. The highest BCUT2D eigenvalue weighted by molar-refractivity contribution is 9.10. The zero-order valence-electron chi connectivity index (χ0n) is 13.9. The first-order valence-electron chi connectivity index (χ1n) is 8.53. The van der Waals surface area contributed by atoms with Gasteiger partial charge in [0.05, 0.1) is 17.7 Å². The molecule has 0 radical (unpaired) electrons. The number of amides is 1. The maximum Gasteiger partial charge on any atom is 0.260 e. The monoisotopic (exact) mass is 405 g/mol. The Labute approximate surface area is 155 Å². The van der Waals surface area contributed by atoms with E-state index in [0.29, 0.717) is 32.1 Å². The molecule has 2 aliphatic rings. The van der Waals surface area contributed by atoms with Gasteiger partial charge in [-0.25, -0.2) is 0 Å². The lowest BCUT2D eigenvalue weighted by atomic mass is 10.0. The van der Waals surface area contributed by atoms with E-state index in [2.05, 4.69) is 15.9 Å². The molecule has 0 unspecified atom stereocenters. The summed E-state index contributed by atoms with van der Waals surface area (Å²) in [5, 5.41) is 2.20. The number of carbonyl (C=O) groups excluding carboxylic acids is 1. The summed E-state index contributed by atoms with van der Waals surface area (Å²) in [6.45, 7) is 2.61. The molecule has 2 heterocycles. The van der Waals surface area contributed by atoms with Gasteiger partial charge in [-0.05, 0) is 32.8 Å². The Morgan fingerprint density at radius 1 is 1.12 bits per heavy atom. The van der Waals surface area contributed by atoms with Crippen LogP contribution in [-0.2, 0) is 14.3 Å². The maximum absolute atomic E-state index is 12.5. The summed E-state index contributed by atoms with van der Waals surface area (Å²) in [6.07, 6.45) is 1.44. The Morgan fingerprint density at radius 3 is 2.60 bits per heavy atom. The Hall–Kier alpha value is -1.63. The van der Waals surface area contributed by atoms with Crippen molar-refractivity contribution in [3.63, 3.8) is 0 Å². The van der Waals surface area contributed by atoms with Crippen molar-refractivity contribution in [3.05, 3.63) is 40.9 Å². The van der Waals surface area contributed by atoms with Crippen molar-refractivity contribution in [2.75, 3.05) is 32.9 Å². The zero-order chi connectivity index (χ0) is 17.3. The van der Waals surface area contributed by atoms with Gasteiger partial charge in [-0.1, -0.05) is 30.3 Å². The first-order valence-corrected chi connectivity index (χ1v) is 9.32. The van der Waals surface area contributed by atoms with E-state index in [1.807, 2.05) is 41.3 Å². The third-order valence-corrected chi connectivity index (χ3v) is 5.69. The van der Waals surface area contributed by atoms with Crippen LogP contribution < -0.4 is 4.74 Å². The van der Waals surface area contributed by atoms with E-state index in [0.717, 1.165) is 28.1 Å². The standard InChI is InChI=1S/C19H20BrNO4/c20-18-15-4-2-1-3-14(15)5-6-16(18)23-13-17(22)21-9-7-19(8-10-21)24-11-12-25-19/h1-6H,7-13H2. The highest BCUT2D eigenvalue weighted by Crippen LogP contribution is 2.34. The van der Waals surface area contributed by atoms with Gasteiger partial charge in [-0.3, -0.25) is 4.79 Å². The van der Waals surface area contributed by atoms with E-state index in [1.54, 1.807) is 0 Å². The maximum atomic E-state index is 12.5. The SMILES string of the molecule is O=C(COc1ccc2ccccc2c1Br)N1CCC2(CC1)OCCO2. The molecule has 132 valence electrons. The van der Waals surface area contributed by atoms with Gasteiger partial charge in [0.25, 0.3) is 5.91 Å². The quantitative estimate of drug-likeness (QED) is 0.785. The van der Waals surface area contributed by atoms with Crippen molar-refractivity contribution in [1.82, 2.24) is 4.90 Å². The minimum Gasteiger partial charge on any atom is -0.483 e. The highest BCUT2D eigenvalue weighted by atomic mass is 79.9. The van der Waals surface area contributed by atoms with Gasteiger partial charge < -0.3 is 19.1 Å². The van der Waals surface area contributed by atoms with Crippen LogP contribution in [0.4, 0.5) is 0 Å². The molecular weight excluding hydrogens is 386 g/mol. The van der Waals surface area contributed by atoms with E-state index in [-0.39, 0.29) is 12.5 Å². The Balaban J connectivity index is 1.37. The molecule has 0 N–H and O–H groups in total. The fourth-order valence-corrected chi connectivity index (χ4v) is 4.05. The van der Waals surface area contributed by atoms with Gasteiger partial charge >= 0.3 is 0 Å². The van der Waals surface area contributed by atoms with Crippen molar-refractivity contribution in [2.45, 2.75) is 18.6 Å². The van der Waals surface area contributed by atoms with Crippen molar-refractivity contribution in [1.29, 1.82) is 0 Å². The molecule has 4 rings (SSSR count). The fraction of sp³-hybridized carbons (Fsp3) is 0.421. The molecule has 6 heteroatoms. The van der Waals surface area contributed by atoms with Gasteiger partial charge in [-0.2, -0.15) is 0 Å². The topological polar surface area (TPSA) is 48.0 Å². The molecule has 0 aromatic heterocycles. The van der Waals surface area contributed by atoms with Crippen LogP contribution in [0.15, 0.2) is 40.9 Å². The second-order valence-electron chi connectivity index (χ2n) is 6.38. The summed E-state index contributed by atoms with van der Waals surface area (Å²) in [6, 6.07) is 12.0. The summed E-state index contributed by atoms with van der Waals surface area (Å²) in [4.78, 5) is 14.3. The molecule has 2 aromatic rings. The Kier molecular flexibility index (Phi) is 4.67. The molecule has 1 spiro atoms. The fourth-order valence-electron chi connectivity index (χ4n) is 3.44. The van der Waals surface area contributed by atoms with E-state index in [1.165, 1.54) is 0 Å². The lowest BCUT2D eigenvalue weighted by Crippen LogP contribution is -2.48. The minimum absolute atomic E-state index is 0.00657. The molecule has 2 fully saturated rings. The number of likely N-dealkylation sites (tertiary alicyclic amines) is 1. The van der Waals surface area contributed by atoms with Crippen molar-refractivity contribution >= 4 is 32.6 Å². The number of fused-ring (bicyclic) bond motifs is 1. The van der Waals surface area contributed by atoms with Crippen LogP contribution >= 0.6 is 15.9 Å². The second-order valence-corrected chi connectivity index (χ2v) is 7.17. The average molecular weight is 406 g/mol. The van der Waals surface area contributed by atoms with Crippen LogP contribution in [0.5, 0.6) is 5.75 Å². The summed E-state index contributed by atoms with van der Waals surface area (Å²) < 4.78 is 18.1. The largest absolute Gasteiger partial charge is 0.483 e. The van der Waals surface area contributed by atoms with Gasteiger partial charge in [0, 0.05) is 25.9 Å². The molecule has 2 aromatic carbocycles. The summed E-state index contributed by atoms with van der Waals surface area (Å²) in [7, 11) is 0. The third kappa shape index (κ3) is 3.38. The normalized spacial score (nSPS) is 19.5. The van der Waals surface area contributed by atoms with Crippen LogP contribution in [-0.4, -0.2) is 49.5 Å². The third-order valence-electron chi connectivity index (χ3n) is 4.87. The number of carbonyl (C=O) groups is 1. The van der Waals surface area contributed by atoms with Crippen molar-refractivity contribution in [2.24, 2.45) is 0 Å². The Bertz CT molecular complexity index is 778. The molecule has 0 saturated carbocycles. The van der Waals surface area contributed by atoms with Crippen LogP contribution in [0.25, 0.3) is 10.8 Å². The van der Waals surface area contributed by atoms with Crippen molar-refractivity contribution in [3.8, 4) is 5.75 Å². The first-order chi connectivity index (χ1) is 12.2. The molecule has 2 saturated heterocycles. The molecule has 1 amide bonds. The summed E-state index contributed by atoms with van der Waals surface area (Å²) in [5.41, 5.74) is 0. The van der Waals surface area contributed by atoms with Crippen LogP contribution in [0.2, 0.25) is 0 Å². The number of rotatable bonds is 3. The van der Waals surface area contributed by atoms with Gasteiger partial charge in [-0.15, -0.1) is 0 Å². The molecule has 0 bridgehead atoms. The predicted octanol–water partition coefficient (Wildman–Crippen LogP) is 3.35. The number of hydrogen-bond acceptors (Lipinski definition) is 4. The first kappa shape index (κ1) is 16.8. The minimum atomic E-state index is -0.459. The average Bonchev–Trinajstić information content (AvgIpc) is 3.10. The summed E-state index contributed by atoms with van der Waals surface area (Å²) in [5.74, 6) is 0.217. The lowest BCUT2D eigenvalue weighted by molar-refractivity contribution is -0.187. The molecule has 2 aliphatic heterocycles. The molecule has 0 atom stereocenters. The zero-order valence-corrected chi connectivity index (χ0v) is 15.5. The highest BCUT2D eigenvalue weighted by Gasteiger charge is 2.40. The van der Waals surface area contributed by atoms with E-state index >= 15 is 0 Å². The van der Waals surface area contributed by atoms with Crippen molar-refractivity contribution < 1.29 is 19.0 Å². The van der Waals surface area contributed by atoms with E-state index in [4.69, 9.17) is 14.2 Å². The number of ether oxygens (including phenoxy) is 3. The number of benzene rings is 2. The van der Waals surface area contributed by atoms with Crippen LogP contribution in [0, 0.1) is 0 Å². The second kappa shape index (κ2) is 6.94. The predicted molar refractivity (Wildman–Crippen MR) is 97.6 cm³/mol. The number of halogens is 1. The van der Waals surface area contributed by atoms with Gasteiger partial charge in [0.1, 0.15) is 5.75 Å². The van der Waals surface area contributed by atoms with Crippen LogP contribution in [0.1, 0.15) is 12.8 Å². The molecular formula is C19H20BrNO4. The lowest BCUT2D eigenvalue weighted by Gasteiger charge is -2.37. The molecule has 25 heavy (non-hydrogen) atoms. The number of piperidine rings is 1. The molecule has 0 aliphatic carbocycles. The number of nitrogens with zero attached hydrogens (tertiary/aromatic N) is 1. The molecule has 5 nitrogen and oxygen atoms in total. The van der Waals surface area contributed by atoms with Gasteiger partial charge in [0.2, 0.25) is 0 Å². The van der Waals surface area contributed by atoms with E-state index in [9.17, 15) is 4.79 Å². The summed E-state index contributed by atoms with van der Waals surface area (Å²) >= 11 is 3.59. The Morgan fingerprint density at radius 2 is 1.84 bits per heavy atom. The smallest absolute Gasteiger partial charge is 0.260 e. The van der Waals surface area contributed by atoms with Gasteiger partial charge in [0.15, 0.2) is 12.4 Å². The van der Waals surface area contributed by atoms with Crippen LogP contribution in [0.3, 0.4) is 0 Å².